The van der Waals surface area contributed by atoms with Crippen LogP contribution >= 0.6 is 0 Å². The van der Waals surface area contributed by atoms with Gasteiger partial charge < -0.3 is 10.2 Å². The maximum Gasteiger partial charge on any atom is 0.278 e. The molecule has 4 bridgehead atoms. The van der Waals surface area contributed by atoms with Crippen LogP contribution in [-0.2, 0) is 4.79 Å². The number of likely N-dealkylation sites (tertiary alicyclic amines) is 1. The van der Waals surface area contributed by atoms with Gasteiger partial charge in [0.25, 0.3) is 5.91 Å². The lowest BCUT2D eigenvalue weighted by Gasteiger charge is -2.53. The standard InChI is InChI=1S/C18H25N5O2/c24-17(14-12-6-10-5-11(8-12)9-13(14)7-10)19-16-15(20-22-21-16)18(25)23-3-1-2-4-23/h10-14H,1-9H2,(H2,19,20,21,22,24). The zero-order valence-electron chi connectivity index (χ0n) is 14.4. The molecule has 0 atom stereocenters. The molecular weight excluding hydrogens is 318 g/mol. The molecule has 2 amide bonds. The van der Waals surface area contributed by atoms with Gasteiger partial charge in [-0.05, 0) is 68.6 Å². The van der Waals surface area contributed by atoms with Gasteiger partial charge in [-0.2, -0.15) is 5.21 Å². The van der Waals surface area contributed by atoms with E-state index in [0.29, 0.717) is 17.7 Å². The van der Waals surface area contributed by atoms with Crippen LogP contribution in [0.15, 0.2) is 0 Å². The summed E-state index contributed by atoms with van der Waals surface area (Å²) in [5.74, 6) is 3.00. The normalized spacial score (nSPS) is 36.0. The molecule has 5 fully saturated rings. The predicted octanol–water partition coefficient (Wildman–Crippen LogP) is 2.05. The lowest BCUT2D eigenvalue weighted by Crippen LogP contribution is -2.49. The number of rotatable bonds is 3. The van der Waals surface area contributed by atoms with Crippen molar-refractivity contribution in [1.29, 1.82) is 0 Å². The van der Waals surface area contributed by atoms with Gasteiger partial charge >= 0.3 is 0 Å². The lowest BCUT2D eigenvalue weighted by atomic mass is 9.51. The van der Waals surface area contributed by atoms with Crippen molar-refractivity contribution in [3.8, 4) is 0 Å². The number of nitrogens with one attached hydrogen (secondary N) is 2. The number of aromatic amines is 1. The Balaban J connectivity index is 1.32. The van der Waals surface area contributed by atoms with Crippen molar-refractivity contribution in [3.05, 3.63) is 5.69 Å². The highest BCUT2D eigenvalue weighted by Gasteiger charge is 2.50. The van der Waals surface area contributed by atoms with E-state index in [1.807, 2.05) is 0 Å². The molecule has 0 aromatic carbocycles. The van der Waals surface area contributed by atoms with E-state index in [1.54, 1.807) is 4.90 Å². The van der Waals surface area contributed by atoms with Crippen LogP contribution in [0.4, 0.5) is 5.82 Å². The molecule has 7 nitrogen and oxygen atoms in total. The summed E-state index contributed by atoms with van der Waals surface area (Å²) < 4.78 is 0. The Hall–Kier alpha value is -1.92. The highest BCUT2D eigenvalue weighted by Crippen LogP contribution is 2.56. The first-order valence-corrected chi connectivity index (χ1v) is 9.70. The molecule has 4 aliphatic carbocycles. The number of nitrogens with zero attached hydrogens (tertiary/aromatic N) is 3. The summed E-state index contributed by atoms with van der Waals surface area (Å²) in [6, 6.07) is 0. The molecule has 5 aliphatic rings. The second kappa shape index (κ2) is 5.81. The Morgan fingerprint density at radius 1 is 0.960 bits per heavy atom. The third kappa shape index (κ3) is 2.55. The van der Waals surface area contributed by atoms with Crippen molar-refractivity contribution in [3.63, 3.8) is 0 Å². The summed E-state index contributed by atoms with van der Waals surface area (Å²) in [6.45, 7) is 1.52. The fourth-order valence-electron chi connectivity index (χ4n) is 6.09. The summed E-state index contributed by atoms with van der Waals surface area (Å²) in [4.78, 5) is 27.4. The molecule has 2 N–H and O–H groups in total. The molecule has 0 radical (unpaired) electrons. The first-order valence-electron chi connectivity index (χ1n) is 9.70. The third-order valence-electron chi connectivity index (χ3n) is 6.91. The van der Waals surface area contributed by atoms with Gasteiger partial charge in [0.15, 0.2) is 11.5 Å². The number of amides is 2. The van der Waals surface area contributed by atoms with Gasteiger partial charge in [-0.15, -0.1) is 10.2 Å². The van der Waals surface area contributed by atoms with E-state index in [0.717, 1.165) is 37.8 Å². The van der Waals surface area contributed by atoms with Gasteiger partial charge in [-0.3, -0.25) is 9.59 Å². The van der Waals surface area contributed by atoms with Crippen molar-refractivity contribution in [1.82, 2.24) is 20.3 Å². The van der Waals surface area contributed by atoms with Crippen LogP contribution in [0, 0.1) is 29.6 Å². The molecule has 1 aromatic heterocycles. The van der Waals surface area contributed by atoms with Crippen LogP contribution in [0.1, 0.15) is 55.4 Å². The summed E-state index contributed by atoms with van der Waals surface area (Å²) in [6.07, 6.45) is 8.22. The minimum atomic E-state index is -0.133. The summed E-state index contributed by atoms with van der Waals surface area (Å²) in [5.41, 5.74) is 0.249. The van der Waals surface area contributed by atoms with Crippen molar-refractivity contribution in [2.45, 2.75) is 44.9 Å². The second-order valence-corrected chi connectivity index (χ2v) is 8.47. The van der Waals surface area contributed by atoms with Crippen molar-refractivity contribution in [2.75, 3.05) is 18.4 Å². The third-order valence-corrected chi connectivity index (χ3v) is 6.91. The van der Waals surface area contributed by atoms with E-state index in [-0.39, 0.29) is 23.4 Å². The minimum absolute atomic E-state index is 0.0400. The average Bonchev–Trinajstić information content (AvgIpc) is 3.25. The Labute approximate surface area is 146 Å². The molecule has 0 spiro atoms. The highest BCUT2D eigenvalue weighted by atomic mass is 16.2. The first-order chi connectivity index (χ1) is 12.2. The number of carbonyl (C=O) groups excluding carboxylic acids is 2. The Bertz CT molecular complexity index is 665. The molecule has 1 aliphatic heterocycles. The number of hydrogen-bond donors (Lipinski definition) is 2. The fourth-order valence-corrected chi connectivity index (χ4v) is 6.09. The summed E-state index contributed by atoms with van der Waals surface area (Å²) >= 11 is 0. The van der Waals surface area contributed by atoms with Crippen LogP contribution in [0.2, 0.25) is 0 Å². The quantitative estimate of drug-likeness (QED) is 0.879. The van der Waals surface area contributed by atoms with E-state index in [9.17, 15) is 9.59 Å². The van der Waals surface area contributed by atoms with Gasteiger partial charge in [-0.1, -0.05) is 0 Å². The Kier molecular flexibility index (Phi) is 3.57. The van der Waals surface area contributed by atoms with Crippen LogP contribution in [0.25, 0.3) is 0 Å². The largest absolute Gasteiger partial charge is 0.337 e. The fraction of sp³-hybridized carbons (Fsp3) is 0.778. The lowest BCUT2D eigenvalue weighted by molar-refractivity contribution is -0.132. The SMILES string of the molecule is O=C(Nc1n[nH]nc1C(=O)N1CCCC1)C1C2CC3CC(C2)CC1C3. The van der Waals surface area contributed by atoms with Gasteiger partial charge in [0.05, 0.1) is 0 Å². The van der Waals surface area contributed by atoms with E-state index >= 15 is 0 Å². The van der Waals surface area contributed by atoms with Gasteiger partial charge in [-0.25, -0.2) is 0 Å². The maximum absolute atomic E-state index is 13.0. The average molecular weight is 343 g/mol. The monoisotopic (exact) mass is 343 g/mol. The molecule has 25 heavy (non-hydrogen) atoms. The van der Waals surface area contributed by atoms with Crippen molar-refractivity contribution < 1.29 is 9.59 Å². The molecule has 0 unspecified atom stereocenters. The number of hydrogen-bond acceptors (Lipinski definition) is 4. The van der Waals surface area contributed by atoms with E-state index < -0.39 is 0 Å². The van der Waals surface area contributed by atoms with Crippen molar-refractivity contribution in [2.24, 2.45) is 29.6 Å². The van der Waals surface area contributed by atoms with E-state index in [4.69, 9.17) is 0 Å². The number of carbonyl (C=O) groups is 2. The molecule has 7 heteroatoms. The molecule has 4 saturated carbocycles. The molecule has 134 valence electrons. The van der Waals surface area contributed by atoms with Crippen LogP contribution in [0.3, 0.4) is 0 Å². The zero-order chi connectivity index (χ0) is 17.0. The van der Waals surface area contributed by atoms with E-state index in [1.165, 1.54) is 32.1 Å². The summed E-state index contributed by atoms with van der Waals surface area (Å²) in [7, 11) is 0. The van der Waals surface area contributed by atoms with Crippen molar-refractivity contribution >= 4 is 17.6 Å². The second-order valence-electron chi connectivity index (χ2n) is 8.47. The molecule has 1 aromatic rings. The van der Waals surface area contributed by atoms with Gasteiger partial charge in [0, 0.05) is 19.0 Å². The number of anilines is 1. The van der Waals surface area contributed by atoms with Gasteiger partial charge in [0.2, 0.25) is 5.91 Å². The number of H-pyrrole nitrogens is 1. The molecule has 1 saturated heterocycles. The minimum Gasteiger partial charge on any atom is -0.337 e. The van der Waals surface area contributed by atoms with Gasteiger partial charge in [0.1, 0.15) is 0 Å². The van der Waals surface area contributed by atoms with Crippen LogP contribution in [0.5, 0.6) is 0 Å². The highest BCUT2D eigenvalue weighted by molar-refractivity contribution is 6.01. The molecule has 6 rings (SSSR count). The molecule has 2 heterocycles. The smallest absolute Gasteiger partial charge is 0.278 e. The number of aromatic nitrogens is 3. The first kappa shape index (κ1) is 15.3. The van der Waals surface area contributed by atoms with Crippen LogP contribution < -0.4 is 5.32 Å². The predicted molar refractivity (Wildman–Crippen MR) is 90.7 cm³/mol. The maximum atomic E-state index is 13.0. The van der Waals surface area contributed by atoms with Crippen LogP contribution in [-0.4, -0.2) is 45.2 Å². The summed E-state index contributed by atoms with van der Waals surface area (Å²) in [5, 5.41) is 13.5. The Morgan fingerprint density at radius 2 is 1.60 bits per heavy atom. The molecular formula is C18H25N5O2. The van der Waals surface area contributed by atoms with E-state index in [2.05, 4.69) is 20.7 Å². The Morgan fingerprint density at radius 3 is 2.24 bits per heavy atom. The topological polar surface area (TPSA) is 91.0 Å². The zero-order valence-corrected chi connectivity index (χ0v) is 14.4.